The first kappa shape index (κ1) is 16.0. The molecule has 0 aliphatic carbocycles. The molecule has 0 aliphatic heterocycles. The molecular weight excluding hydrogens is 348 g/mol. The number of benzene rings is 1. The summed E-state index contributed by atoms with van der Waals surface area (Å²) in [7, 11) is 0. The molecule has 0 fully saturated rings. The number of hydrogen-bond donors (Lipinski definition) is 1. The van der Waals surface area contributed by atoms with E-state index < -0.39 is 0 Å². The topological polar surface area (TPSA) is 42.0 Å². The lowest BCUT2D eigenvalue weighted by Gasteiger charge is -2.09. The average Bonchev–Trinajstić information content (AvgIpc) is 3.30. The molecule has 1 amide bonds. The Morgan fingerprint density at radius 1 is 1.12 bits per heavy atom. The minimum atomic E-state index is -0.0680. The second-order valence-corrected chi connectivity index (χ2v) is 8.06. The van der Waals surface area contributed by atoms with Crippen molar-refractivity contribution >= 4 is 39.5 Å². The zero-order chi connectivity index (χ0) is 17.2. The first-order valence-corrected chi connectivity index (χ1v) is 9.67. The molecule has 5 heteroatoms. The number of aryl methyl sites for hydroxylation is 1. The van der Waals surface area contributed by atoms with Gasteiger partial charge in [0.1, 0.15) is 0 Å². The lowest BCUT2D eigenvalue weighted by molar-refractivity contribution is 0.0953. The van der Waals surface area contributed by atoms with Crippen molar-refractivity contribution in [1.82, 2.24) is 10.3 Å². The van der Waals surface area contributed by atoms with E-state index in [9.17, 15) is 4.79 Å². The van der Waals surface area contributed by atoms with Crippen LogP contribution in [-0.4, -0.2) is 10.9 Å². The van der Waals surface area contributed by atoms with Gasteiger partial charge >= 0.3 is 0 Å². The van der Waals surface area contributed by atoms with Gasteiger partial charge in [-0.2, -0.15) is 0 Å². The number of nitrogens with one attached hydrogen (secondary N) is 1. The third-order valence-corrected chi connectivity index (χ3v) is 5.86. The van der Waals surface area contributed by atoms with Gasteiger partial charge in [0.2, 0.25) is 0 Å². The van der Waals surface area contributed by atoms with Gasteiger partial charge in [0, 0.05) is 15.1 Å². The molecule has 0 spiro atoms. The number of aromatic nitrogens is 1. The molecule has 4 rings (SSSR count). The molecule has 3 nitrogen and oxygen atoms in total. The number of amides is 1. The Kier molecular flexibility index (Phi) is 4.34. The van der Waals surface area contributed by atoms with Gasteiger partial charge in [-0.3, -0.25) is 4.79 Å². The standard InChI is InChI=1S/C20H16N2OS2/c1-13-8-9-19(25-13)18-11-16(15-6-2-3-7-17(15)22-18)20(23)21-12-14-5-4-10-24-14/h2-11H,12H2,1H3,(H,21,23). The fourth-order valence-corrected chi connectivity index (χ4v) is 4.21. The summed E-state index contributed by atoms with van der Waals surface area (Å²) in [5.41, 5.74) is 2.36. The van der Waals surface area contributed by atoms with E-state index in [4.69, 9.17) is 4.98 Å². The molecule has 1 aromatic carbocycles. The molecule has 1 N–H and O–H groups in total. The van der Waals surface area contributed by atoms with Crippen LogP contribution >= 0.6 is 22.7 Å². The monoisotopic (exact) mass is 364 g/mol. The van der Waals surface area contributed by atoms with Crippen LogP contribution in [0.3, 0.4) is 0 Å². The van der Waals surface area contributed by atoms with Gasteiger partial charge in [0.15, 0.2) is 0 Å². The van der Waals surface area contributed by atoms with Crippen LogP contribution in [0.15, 0.2) is 60.0 Å². The molecule has 0 saturated heterocycles. The number of nitrogens with zero attached hydrogens (tertiary/aromatic N) is 1. The van der Waals surface area contributed by atoms with E-state index in [1.165, 1.54) is 4.88 Å². The summed E-state index contributed by atoms with van der Waals surface area (Å²) in [4.78, 5) is 21.0. The van der Waals surface area contributed by atoms with Crippen molar-refractivity contribution in [3.8, 4) is 10.6 Å². The Morgan fingerprint density at radius 3 is 2.76 bits per heavy atom. The van der Waals surface area contributed by atoms with E-state index in [1.807, 2.05) is 47.8 Å². The second kappa shape index (κ2) is 6.78. The van der Waals surface area contributed by atoms with E-state index in [0.717, 1.165) is 26.4 Å². The highest BCUT2D eigenvalue weighted by atomic mass is 32.1. The van der Waals surface area contributed by atoms with Crippen molar-refractivity contribution in [1.29, 1.82) is 0 Å². The second-order valence-electron chi connectivity index (χ2n) is 5.74. The van der Waals surface area contributed by atoms with Crippen LogP contribution in [0.1, 0.15) is 20.1 Å². The molecule has 0 aliphatic rings. The van der Waals surface area contributed by atoms with E-state index in [2.05, 4.69) is 24.4 Å². The highest BCUT2D eigenvalue weighted by Gasteiger charge is 2.14. The number of pyridine rings is 1. The zero-order valence-corrected chi connectivity index (χ0v) is 15.3. The summed E-state index contributed by atoms with van der Waals surface area (Å²) in [5, 5.41) is 5.92. The Hall–Kier alpha value is -2.50. The molecule has 0 unspecified atom stereocenters. The minimum Gasteiger partial charge on any atom is -0.347 e. The maximum absolute atomic E-state index is 12.8. The highest BCUT2D eigenvalue weighted by Crippen LogP contribution is 2.29. The number of para-hydroxylation sites is 1. The smallest absolute Gasteiger partial charge is 0.252 e. The van der Waals surface area contributed by atoms with Crippen LogP contribution in [0.5, 0.6) is 0 Å². The number of carbonyl (C=O) groups is 1. The zero-order valence-electron chi connectivity index (χ0n) is 13.7. The van der Waals surface area contributed by atoms with Crippen molar-refractivity contribution in [2.75, 3.05) is 0 Å². The number of carbonyl (C=O) groups excluding carboxylic acids is 1. The van der Waals surface area contributed by atoms with Crippen LogP contribution in [0.25, 0.3) is 21.5 Å². The van der Waals surface area contributed by atoms with Gasteiger partial charge < -0.3 is 5.32 Å². The van der Waals surface area contributed by atoms with Crippen molar-refractivity contribution < 1.29 is 4.79 Å². The van der Waals surface area contributed by atoms with Crippen molar-refractivity contribution in [2.24, 2.45) is 0 Å². The van der Waals surface area contributed by atoms with Gasteiger partial charge in [-0.05, 0) is 42.6 Å². The summed E-state index contributed by atoms with van der Waals surface area (Å²) in [5.74, 6) is -0.0680. The van der Waals surface area contributed by atoms with Crippen LogP contribution in [0.4, 0.5) is 0 Å². The summed E-state index contributed by atoms with van der Waals surface area (Å²) in [6.07, 6.45) is 0. The molecule has 25 heavy (non-hydrogen) atoms. The van der Waals surface area contributed by atoms with Crippen LogP contribution < -0.4 is 5.32 Å². The van der Waals surface area contributed by atoms with Crippen LogP contribution in [0, 0.1) is 6.92 Å². The van der Waals surface area contributed by atoms with E-state index in [0.29, 0.717) is 12.1 Å². The van der Waals surface area contributed by atoms with E-state index in [1.54, 1.807) is 22.7 Å². The average molecular weight is 364 g/mol. The summed E-state index contributed by atoms with van der Waals surface area (Å²) in [6.45, 7) is 2.62. The van der Waals surface area contributed by atoms with Crippen molar-refractivity contribution in [3.63, 3.8) is 0 Å². The molecule has 0 radical (unpaired) electrons. The normalized spacial score (nSPS) is 10.9. The highest BCUT2D eigenvalue weighted by molar-refractivity contribution is 7.15. The Bertz CT molecular complexity index is 1030. The minimum absolute atomic E-state index is 0.0680. The fraction of sp³-hybridized carbons (Fsp3) is 0.100. The van der Waals surface area contributed by atoms with Gasteiger partial charge in [-0.15, -0.1) is 22.7 Å². The fourth-order valence-electron chi connectivity index (χ4n) is 2.74. The number of thiophene rings is 2. The first-order chi connectivity index (χ1) is 12.2. The van der Waals surface area contributed by atoms with Gasteiger partial charge in [-0.1, -0.05) is 24.3 Å². The predicted octanol–water partition coefficient (Wildman–Crippen LogP) is 5.26. The van der Waals surface area contributed by atoms with Gasteiger partial charge in [0.05, 0.1) is 28.2 Å². The van der Waals surface area contributed by atoms with E-state index in [-0.39, 0.29) is 5.91 Å². The SMILES string of the molecule is Cc1ccc(-c2cc(C(=O)NCc3cccs3)c3ccccc3n2)s1. The molecule has 0 saturated carbocycles. The third-order valence-electron chi connectivity index (χ3n) is 3.96. The van der Waals surface area contributed by atoms with Crippen LogP contribution in [0.2, 0.25) is 0 Å². The largest absolute Gasteiger partial charge is 0.347 e. The van der Waals surface area contributed by atoms with E-state index >= 15 is 0 Å². The molecule has 4 aromatic rings. The molecule has 3 heterocycles. The van der Waals surface area contributed by atoms with Gasteiger partial charge in [-0.25, -0.2) is 4.98 Å². The maximum atomic E-state index is 12.8. The number of rotatable bonds is 4. The Morgan fingerprint density at radius 2 is 2.00 bits per heavy atom. The Labute approximate surface area is 154 Å². The number of hydrogen-bond acceptors (Lipinski definition) is 4. The summed E-state index contributed by atoms with van der Waals surface area (Å²) < 4.78 is 0. The third kappa shape index (κ3) is 3.34. The predicted molar refractivity (Wildman–Crippen MR) is 105 cm³/mol. The molecule has 0 bridgehead atoms. The molecule has 124 valence electrons. The van der Waals surface area contributed by atoms with Gasteiger partial charge in [0.25, 0.3) is 5.91 Å². The maximum Gasteiger partial charge on any atom is 0.252 e. The quantitative estimate of drug-likeness (QED) is 0.536. The molecule has 0 atom stereocenters. The first-order valence-electron chi connectivity index (χ1n) is 7.98. The molecular formula is C20H16N2OS2. The Balaban J connectivity index is 1.74. The lowest BCUT2D eigenvalue weighted by atomic mass is 10.1. The summed E-state index contributed by atoms with van der Waals surface area (Å²) >= 11 is 3.33. The lowest BCUT2D eigenvalue weighted by Crippen LogP contribution is -2.22. The van der Waals surface area contributed by atoms with Crippen LogP contribution in [-0.2, 0) is 6.54 Å². The molecule has 3 aromatic heterocycles. The number of fused-ring (bicyclic) bond motifs is 1. The van der Waals surface area contributed by atoms with Crippen molar-refractivity contribution in [2.45, 2.75) is 13.5 Å². The summed E-state index contributed by atoms with van der Waals surface area (Å²) in [6, 6.07) is 17.8. The van der Waals surface area contributed by atoms with Crippen molar-refractivity contribution in [3.05, 3.63) is 75.3 Å².